The van der Waals surface area contributed by atoms with E-state index in [2.05, 4.69) is 13.0 Å². The third-order valence-corrected chi connectivity index (χ3v) is 3.18. The minimum Gasteiger partial charge on any atom is -0.497 e. The van der Waals surface area contributed by atoms with Crippen LogP contribution in [-0.2, 0) is 15.9 Å². The fourth-order valence-corrected chi connectivity index (χ4v) is 1.91. The van der Waals surface area contributed by atoms with E-state index < -0.39 is 0 Å². The van der Waals surface area contributed by atoms with Gasteiger partial charge in [-0.25, -0.2) is 0 Å². The number of ether oxygens (including phenoxy) is 4. The van der Waals surface area contributed by atoms with Crippen LogP contribution in [0.5, 0.6) is 11.5 Å². The van der Waals surface area contributed by atoms with Crippen LogP contribution in [0.2, 0.25) is 0 Å². The molecule has 0 atom stereocenters. The number of methoxy groups -OCH3 is 4. The molecule has 0 aromatic heterocycles. The van der Waals surface area contributed by atoms with Crippen molar-refractivity contribution in [1.82, 2.24) is 0 Å². The summed E-state index contributed by atoms with van der Waals surface area (Å²) < 4.78 is 21.0. The summed E-state index contributed by atoms with van der Waals surface area (Å²) >= 11 is 0. The molecule has 20 heavy (non-hydrogen) atoms. The van der Waals surface area contributed by atoms with Crippen molar-refractivity contribution in [3.63, 3.8) is 0 Å². The van der Waals surface area contributed by atoms with Crippen molar-refractivity contribution in [1.29, 1.82) is 0 Å². The van der Waals surface area contributed by atoms with Crippen LogP contribution in [0, 0.1) is 0 Å². The van der Waals surface area contributed by atoms with Crippen LogP contribution < -0.4 is 9.47 Å². The molecule has 4 heteroatoms. The van der Waals surface area contributed by atoms with Gasteiger partial charge in [-0.1, -0.05) is 17.7 Å². The van der Waals surface area contributed by atoms with Crippen molar-refractivity contribution in [2.24, 2.45) is 0 Å². The summed E-state index contributed by atoms with van der Waals surface area (Å²) in [6, 6.07) is 5.85. The van der Waals surface area contributed by atoms with Crippen molar-refractivity contribution in [3.05, 3.63) is 35.4 Å². The third-order valence-electron chi connectivity index (χ3n) is 3.18. The predicted molar refractivity (Wildman–Crippen MR) is 79.4 cm³/mol. The molecule has 0 fully saturated rings. The maximum Gasteiger partial charge on any atom is 0.160 e. The van der Waals surface area contributed by atoms with E-state index in [1.165, 1.54) is 5.57 Å². The molecule has 0 aliphatic heterocycles. The smallest absolute Gasteiger partial charge is 0.160 e. The SMILES string of the molecule is COc1ccc(C/C=C(\C)CC(OC)OC)c(OC)c1. The second kappa shape index (κ2) is 8.61. The Morgan fingerprint density at radius 2 is 1.80 bits per heavy atom. The van der Waals surface area contributed by atoms with Gasteiger partial charge in [0.15, 0.2) is 6.29 Å². The fraction of sp³-hybridized carbons (Fsp3) is 0.500. The second-order valence-electron chi connectivity index (χ2n) is 4.54. The summed E-state index contributed by atoms with van der Waals surface area (Å²) in [4.78, 5) is 0. The minimum absolute atomic E-state index is 0.191. The van der Waals surface area contributed by atoms with Gasteiger partial charge in [0.25, 0.3) is 0 Å². The van der Waals surface area contributed by atoms with E-state index in [0.29, 0.717) is 0 Å². The van der Waals surface area contributed by atoms with Crippen LogP contribution in [0.4, 0.5) is 0 Å². The molecule has 1 aromatic rings. The summed E-state index contributed by atoms with van der Waals surface area (Å²) in [5, 5.41) is 0. The molecule has 0 bridgehead atoms. The van der Waals surface area contributed by atoms with E-state index in [1.807, 2.05) is 18.2 Å². The molecule has 0 aliphatic rings. The molecular weight excluding hydrogens is 256 g/mol. The maximum absolute atomic E-state index is 5.38. The highest BCUT2D eigenvalue weighted by atomic mass is 16.7. The van der Waals surface area contributed by atoms with E-state index in [-0.39, 0.29) is 6.29 Å². The molecule has 0 saturated heterocycles. The van der Waals surface area contributed by atoms with Crippen molar-refractivity contribution in [2.75, 3.05) is 28.4 Å². The molecule has 0 aliphatic carbocycles. The predicted octanol–water partition coefficient (Wildman–Crippen LogP) is 3.20. The molecule has 0 radical (unpaired) electrons. The van der Waals surface area contributed by atoms with Crippen LogP contribution in [0.15, 0.2) is 29.8 Å². The summed E-state index contributed by atoms with van der Waals surface area (Å²) in [5.74, 6) is 1.63. The van der Waals surface area contributed by atoms with Gasteiger partial charge in [0.05, 0.1) is 14.2 Å². The van der Waals surface area contributed by atoms with E-state index in [4.69, 9.17) is 18.9 Å². The van der Waals surface area contributed by atoms with Gasteiger partial charge in [-0.15, -0.1) is 0 Å². The van der Waals surface area contributed by atoms with Gasteiger partial charge in [-0.2, -0.15) is 0 Å². The Balaban J connectivity index is 2.73. The van der Waals surface area contributed by atoms with Crippen molar-refractivity contribution < 1.29 is 18.9 Å². The van der Waals surface area contributed by atoms with E-state index in [1.54, 1.807) is 28.4 Å². The normalized spacial score (nSPS) is 11.8. The molecule has 4 nitrogen and oxygen atoms in total. The fourth-order valence-electron chi connectivity index (χ4n) is 1.91. The van der Waals surface area contributed by atoms with E-state index >= 15 is 0 Å². The average Bonchev–Trinajstić information content (AvgIpc) is 2.50. The highest BCUT2D eigenvalue weighted by Gasteiger charge is 2.07. The van der Waals surface area contributed by atoms with Crippen LogP contribution >= 0.6 is 0 Å². The Morgan fingerprint density at radius 1 is 1.10 bits per heavy atom. The molecule has 0 spiro atoms. The first kappa shape index (κ1) is 16.5. The van der Waals surface area contributed by atoms with Crippen molar-refractivity contribution >= 4 is 0 Å². The zero-order chi connectivity index (χ0) is 15.0. The number of hydrogen-bond acceptors (Lipinski definition) is 4. The summed E-state index contributed by atoms with van der Waals surface area (Å²) in [7, 11) is 6.61. The molecule has 1 aromatic carbocycles. The highest BCUT2D eigenvalue weighted by molar-refractivity contribution is 5.41. The Morgan fingerprint density at radius 3 is 2.35 bits per heavy atom. The quantitative estimate of drug-likeness (QED) is 0.541. The molecule has 0 heterocycles. The Labute approximate surface area is 121 Å². The lowest BCUT2D eigenvalue weighted by Gasteiger charge is -2.13. The van der Waals surface area contributed by atoms with Gasteiger partial charge < -0.3 is 18.9 Å². The molecular formula is C16H24O4. The van der Waals surface area contributed by atoms with Crippen molar-refractivity contribution in [2.45, 2.75) is 26.1 Å². The van der Waals surface area contributed by atoms with Crippen LogP contribution in [-0.4, -0.2) is 34.7 Å². The number of rotatable bonds is 8. The van der Waals surface area contributed by atoms with Gasteiger partial charge in [-0.05, 0) is 25.0 Å². The van der Waals surface area contributed by atoms with Crippen LogP contribution in [0.3, 0.4) is 0 Å². The lowest BCUT2D eigenvalue weighted by Crippen LogP contribution is -2.13. The van der Waals surface area contributed by atoms with Crippen LogP contribution in [0.1, 0.15) is 18.9 Å². The van der Waals surface area contributed by atoms with Gasteiger partial charge >= 0.3 is 0 Å². The van der Waals surface area contributed by atoms with E-state index in [9.17, 15) is 0 Å². The maximum atomic E-state index is 5.38. The largest absolute Gasteiger partial charge is 0.497 e. The second-order valence-corrected chi connectivity index (χ2v) is 4.54. The van der Waals surface area contributed by atoms with Crippen LogP contribution in [0.25, 0.3) is 0 Å². The van der Waals surface area contributed by atoms with Gasteiger partial charge in [0, 0.05) is 26.7 Å². The summed E-state index contributed by atoms with van der Waals surface area (Å²) in [6.45, 7) is 2.07. The minimum atomic E-state index is -0.191. The first-order valence-electron chi connectivity index (χ1n) is 6.56. The lowest BCUT2D eigenvalue weighted by molar-refractivity contribution is -0.100. The summed E-state index contributed by atoms with van der Waals surface area (Å²) in [5.41, 5.74) is 2.34. The Bertz CT molecular complexity index is 436. The van der Waals surface area contributed by atoms with Gasteiger partial charge in [0.2, 0.25) is 0 Å². The van der Waals surface area contributed by atoms with Gasteiger partial charge in [-0.3, -0.25) is 0 Å². The zero-order valence-electron chi connectivity index (χ0n) is 12.9. The molecule has 1 rings (SSSR count). The zero-order valence-corrected chi connectivity index (χ0v) is 12.9. The number of benzene rings is 1. The van der Waals surface area contributed by atoms with E-state index in [0.717, 1.165) is 29.9 Å². The highest BCUT2D eigenvalue weighted by Crippen LogP contribution is 2.25. The Hall–Kier alpha value is -1.52. The first-order chi connectivity index (χ1) is 9.64. The lowest BCUT2D eigenvalue weighted by atomic mass is 10.1. The molecule has 0 unspecified atom stereocenters. The molecule has 112 valence electrons. The number of allylic oxidation sites excluding steroid dienone is 1. The third kappa shape index (κ3) is 4.87. The Kier molecular flexibility index (Phi) is 7.12. The topological polar surface area (TPSA) is 36.9 Å². The molecule has 0 amide bonds. The molecule has 0 N–H and O–H groups in total. The standard InChI is InChI=1S/C16H24O4/c1-12(10-16(19-4)20-5)6-7-13-8-9-14(17-2)11-15(13)18-3/h6,8-9,11,16H,7,10H2,1-5H3/b12-6+. The van der Waals surface area contributed by atoms with Crippen molar-refractivity contribution in [3.8, 4) is 11.5 Å². The monoisotopic (exact) mass is 280 g/mol. The number of hydrogen-bond donors (Lipinski definition) is 0. The molecule has 0 saturated carbocycles. The van der Waals surface area contributed by atoms with Gasteiger partial charge in [0.1, 0.15) is 11.5 Å². The first-order valence-corrected chi connectivity index (χ1v) is 6.56. The average molecular weight is 280 g/mol. The summed E-state index contributed by atoms with van der Waals surface area (Å²) in [6.07, 6.45) is 3.53.